The SMILES string of the molecule is COCCCn1c(SCc2cc(=O)n3cc(C)ccc3n2)nnc1-c1ccccc1Cl. The molecule has 0 spiro atoms. The summed E-state index contributed by atoms with van der Waals surface area (Å²) in [6, 6.07) is 13.0. The molecule has 1 aromatic carbocycles. The first-order valence-corrected chi connectivity index (χ1v) is 11.2. The standard InChI is InChI=1S/C22H22ClN5O2S/c1-15-8-9-19-24-16(12-20(29)28(19)13-15)14-31-22-26-25-21(27(22)10-5-11-30-2)17-6-3-4-7-18(17)23/h3-4,6-9,12-13H,5,10-11,14H2,1-2H3. The number of hydrogen-bond donors (Lipinski definition) is 0. The van der Waals surface area contributed by atoms with E-state index in [-0.39, 0.29) is 5.56 Å². The van der Waals surface area contributed by atoms with Crippen LogP contribution >= 0.6 is 23.4 Å². The smallest absolute Gasteiger partial charge is 0.258 e. The minimum atomic E-state index is -0.0948. The highest BCUT2D eigenvalue weighted by Gasteiger charge is 2.17. The Bertz CT molecular complexity index is 1270. The molecule has 0 aliphatic carbocycles. The van der Waals surface area contributed by atoms with Crippen molar-refractivity contribution in [3.63, 3.8) is 0 Å². The molecule has 0 unspecified atom stereocenters. The van der Waals surface area contributed by atoms with E-state index in [1.165, 1.54) is 11.8 Å². The molecule has 3 heterocycles. The van der Waals surface area contributed by atoms with Crippen LogP contribution in [0.2, 0.25) is 5.02 Å². The topological polar surface area (TPSA) is 74.3 Å². The molecular formula is C22H22ClN5O2S. The van der Waals surface area contributed by atoms with Crippen molar-refractivity contribution in [2.45, 2.75) is 30.8 Å². The predicted molar refractivity (Wildman–Crippen MR) is 123 cm³/mol. The molecule has 0 radical (unpaired) electrons. The number of aromatic nitrogens is 5. The van der Waals surface area contributed by atoms with Gasteiger partial charge in [0, 0.05) is 43.8 Å². The summed E-state index contributed by atoms with van der Waals surface area (Å²) in [6.07, 6.45) is 2.61. The van der Waals surface area contributed by atoms with E-state index in [0.29, 0.717) is 41.1 Å². The van der Waals surface area contributed by atoms with E-state index in [0.717, 1.165) is 22.7 Å². The Morgan fingerprint density at radius 1 is 1.16 bits per heavy atom. The van der Waals surface area contributed by atoms with Gasteiger partial charge in [-0.15, -0.1) is 10.2 Å². The van der Waals surface area contributed by atoms with Gasteiger partial charge in [0.1, 0.15) is 5.65 Å². The zero-order valence-electron chi connectivity index (χ0n) is 17.3. The monoisotopic (exact) mass is 455 g/mol. The van der Waals surface area contributed by atoms with Crippen LogP contribution in [-0.2, 0) is 17.0 Å². The number of ether oxygens (including phenoxy) is 1. The number of thioether (sulfide) groups is 1. The molecule has 4 rings (SSSR count). The van der Waals surface area contributed by atoms with Crippen LogP contribution in [0.25, 0.3) is 17.0 Å². The van der Waals surface area contributed by atoms with Crippen molar-refractivity contribution >= 4 is 29.0 Å². The van der Waals surface area contributed by atoms with Gasteiger partial charge < -0.3 is 9.30 Å². The lowest BCUT2D eigenvalue weighted by atomic mass is 10.2. The normalized spacial score (nSPS) is 11.3. The van der Waals surface area contributed by atoms with Gasteiger partial charge in [0.15, 0.2) is 11.0 Å². The van der Waals surface area contributed by atoms with E-state index in [2.05, 4.69) is 15.2 Å². The van der Waals surface area contributed by atoms with Crippen LogP contribution in [0, 0.1) is 6.92 Å². The fraction of sp³-hybridized carbons (Fsp3) is 0.273. The highest BCUT2D eigenvalue weighted by Crippen LogP contribution is 2.30. The maximum atomic E-state index is 12.5. The molecule has 0 N–H and O–H groups in total. The summed E-state index contributed by atoms with van der Waals surface area (Å²) in [5, 5.41) is 10.2. The fourth-order valence-corrected chi connectivity index (χ4v) is 4.35. The van der Waals surface area contributed by atoms with Crippen molar-refractivity contribution in [2.24, 2.45) is 0 Å². The van der Waals surface area contributed by atoms with Gasteiger partial charge in [0.2, 0.25) is 0 Å². The lowest BCUT2D eigenvalue weighted by Crippen LogP contribution is -2.15. The summed E-state index contributed by atoms with van der Waals surface area (Å²) in [7, 11) is 1.68. The second-order valence-corrected chi connectivity index (χ2v) is 8.44. The summed E-state index contributed by atoms with van der Waals surface area (Å²) in [4.78, 5) is 17.1. The molecule has 0 atom stereocenters. The number of pyridine rings is 1. The number of halogens is 1. The van der Waals surface area contributed by atoms with Crippen LogP contribution in [0.1, 0.15) is 17.7 Å². The molecule has 0 aliphatic rings. The van der Waals surface area contributed by atoms with Gasteiger partial charge in [-0.25, -0.2) is 4.98 Å². The van der Waals surface area contributed by atoms with Crippen LogP contribution in [0.15, 0.2) is 58.6 Å². The van der Waals surface area contributed by atoms with Crippen LogP contribution in [0.3, 0.4) is 0 Å². The maximum Gasteiger partial charge on any atom is 0.258 e. The van der Waals surface area contributed by atoms with Crippen LogP contribution in [0.4, 0.5) is 0 Å². The molecule has 0 aliphatic heterocycles. The third-order valence-electron chi connectivity index (χ3n) is 4.77. The quantitative estimate of drug-likeness (QED) is 0.292. The van der Waals surface area contributed by atoms with Crippen LogP contribution < -0.4 is 5.56 Å². The van der Waals surface area contributed by atoms with Crippen molar-refractivity contribution in [2.75, 3.05) is 13.7 Å². The second-order valence-electron chi connectivity index (χ2n) is 7.09. The zero-order chi connectivity index (χ0) is 21.8. The van der Waals surface area contributed by atoms with Gasteiger partial charge in [0.05, 0.1) is 10.7 Å². The Hall–Kier alpha value is -2.68. The first-order chi connectivity index (χ1) is 15.1. The first-order valence-electron chi connectivity index (χ1n) is 9.85. The molecule has 3 aromatic heterocycles. The summed E-state index contributed by atoms with van der Waals surface area (Å²) in [5.74, 6) is 1.22. The van der Waals surface area contributed by atoms with E-state index in [1.54, 1.807) is 23.8 Å². The number of benzene rings is 1. The minimum Gasteiger partial charge on any atom is -0.385 e. The highest BCUT2D eigenvalue weighted by molar-refractivity contribution is 7.98. The van der Waals surface area contributed by atoms with Gasteiger partial charge in [-0.2, -0.15) is 0 Å². The largest absolute Gasteiger partial charge is 0.385 e. The lowest BCUT2D eigenvalue weighted by molar-refractivity contribution is 0.189. The van der Waals surface area contributed by atoms with E-state index in [9.17, 15) is 4.79 Å². The number of aryl methyl sites for hydroxylation is 1. The molecule has 0 saturated heterocycles. The molecule has 160 valence electrons. The highest BCUT2D eigenvalue weighted by atomic mass is 35.5. The Balaban J connectivity index is 1.62. The fourth-order valence-electron chi connectivity index (χ4n) is 3.28. The Morgan fingerprint density at radius 3 is 2.81 bits per heavy atom. The number of nitrogens with zero attached hydrogens (tertiary/aromatic N) is 5. The van der Waals surface area contributed by atoms with Gasteiger partial charge in [-0.3, -0.25) is 9.20 Å². The van der Waals surface area contributed by atoms with E-state index in [4.69, 9.17) is 16.3 Å². The third-order valence-corrected chi connectivity index (χ3v) is 6.10. The summed E-state index contributed by atoms with van der Waals surface area (Å²) < 4.78 is 8.81. The third kappa shape index (κ3) is 4.81. The molecule has 7 nitrogen and oxygen atoms in total. The minimum absolute atomic E-state index is 0.0948. The van der Waals surface area contributed by atoms with E-state index < -0.39 is 0 Å². The van der Waals surface area contributed by atoms with Crippen molar-refractivity contribution in [1.29, 1.82) is 0 Å². The van der Waals surface area contributed by atoms with Gasteiger partial charge in [-0.05, 0) is 37.1 Å². The van der Waals surface area contributed by atoms with Crippen molar-refractivity contribution in [1.82, 2.24) is 24.1 Å². The Kier molecular flexibility index (Phi) is 6.70. The number of fused-ring (bicyclic) bond motifs is 1. The second kappa shape index (κ2) is 9.64. The Morgan fingerprint density at radius 2 is 2.00 bits per heavy atom. The van der Waals surface area contributed by atoms with Crippen molar-refractivity contribution < 1.29 is 4.74 Å². The van der Waals surface area contributed by atoms with E-state index >= 15 is 0 Å². The number of methoxy groups -OCH3 is 1. The van der Waals surface area contributed by atoms with E-state index in [1.807, 2.05) is 47.9 Å². The summed E-state index contributed by atoms with van der Waals surface area (Å²) >= 11 is 7.89. The molecule has 0 fully saturated rings. The van der Waals surface area contributed by atoms with Gasteiger partial charge in [0.25, 0.3) is 5.56 Å². The molecule has 0 bridgehead atoms. The number of hydrogen-bond acceptors (Lipinski definition) is 6. The molecule has 4 aromatic rings. The maximum absolute atomic E-state index is 12.5. The lowest BCUT2D eigenvalue weighted by Gasteiger charge is -2.11. The van der Waals surface area contributed by atoms with Crippen molar-refractivity contribution in [3.05, 3.63) is 75.3 Å². The Labute approximate surface area is 189 Å². The molecule has 9 heteroatoms. The summed E-state index contributed by atoms with van der Waals surface area (Å²) in [6.45, 7) is 3.27. The average molecular weight is 456 g/mol. The summed E-state index contributed by atoms with van der Waals surface area (Å²) in [5.41, 5.74) is 3.08. The van der Waals surface area contributed by atoms with Crippen LogP contribution in [0.5, 0.6) is 0 Å². The van der Waals surface area contributed by atoms with Gasteiger partial charge >= 0.3 is 0 Å². The zero-order valence-corrected chi connectivity index (χ0v) is 18.9. The molecule has 0 saturated carbocycles. The van der Waals surface area contributed by atoms with Crippen molar-refractivity contribution in [3.8, 4) is 11.4 Å². The van der Waals surface area contributed by atoms with Gasteiger partial charge in [-0.1, -0.05) is 41.6 Å². The van der Waals surface area contributed by atoms with Crippen LogP contribution in [-0.4, -0.2) is 37.9 Å². The average Bonchev–Trinajstić information content (AvgIpc) is 3.16. The first kappa shape index (κ1) is 21.5. The number of rotatable bonds is 8. The molecule has 0 amide bonds. The molecular weight excluding hydrogens is 434 g/mol. The predicted octanol–water partition coefficient (Wildman–Crippen LogP) is 4.24. The molecule has 31 heavy (non-hydrogen) atoms.